The minimum atomic E-state index is -0.213. The molecule has 0 saturated carbocycles. The molecule has 1 saturated heterocycles. The number of para-hydroxylation sites is 2. The van der Waals surface area contributed by atoms with E-state index < -0.39 is 0 Å². The highest BCUT2D eigenvalue weighted by molar-refractivity contribution is 5.89. The zero-order valence-electron chi connectivity index (χ0n) is 20.6. The van der Waals surface area contributed by atoms with Crippen molar-refractivity contribution in [1.29, 1.82) is 5.26 Å². The number of allylic oxidation sites excluding steroid dienone is 1. The Morgan fingerprint density at radius 2 is 1.78 bits per heavy atom. The molecule has 9 heteroatoms. The van der Waals surface area contributed by atoms with Gasteiger partial charge in [0.15, 0.2) is 0 Å². The van der Waals surface area contributed by atoms with E-state index in [1.165, 1.54) is 0 Å². The summed E-state index contributed by atoms with van der Waals surface area (Å²) in [6.07, 6.45) is 5.76. The molecule has 1 aliphatic carbocycles. The Labute approximate surface area is 212 Å². The van der Waals surface area contributed by atoms with E-state index in [0.717, 1.165) is 33.7 Å². The Hall–Kier alpha value is -4.65. The first-order valence-corrected chi connectivity index (χ1v) is 12.0. The maximum absolute atomic E-state index is 13.5. The molecular weight excluding hydrogens is 466 g/mol. The van der Waals surface area contributed by atoms with Crippen LogP contribution in [-0.2, 0) is 0 Å². The number of aromatic amines is 1. The standard InChI is InChI=1S/C28H25N7O2/c1-16-12-24-25(33-35(32-24)18-8-10-19(37-3)11-9-18)13-23(16)30-15-21-17(2)20(14-29)27-31-22-6-4-5-7-26(22)34(27)28(21)36/h4-13,15,24-25,31-33H,1-3H3/t24-,25+/m1/s1. The van der Waals surface area contributed by atoms with Gasteiger partial charge >= 0.3 is 0 Å². The summed E-state index contributed by atoms with van der Waals surface area (Å²) in [4.78, 5) is 21.5. The summed E-state index contributed by atoms with van der Waals surface area (Å²) in [7, 11) is 1.64. The molecule has 0 unspecified atom stereocenters. The van der Waals surface area contributed by atoms with Crippen LogP contribution < -0.4 is 26.3 Å². The number of hydrogen-bond donors (Lipinski definition) is 3. The molecule has 2 aliphatic rings. The Kier molecular flexibility index (Phi) is 5.41. The Balaban J connectivity index is 1.35. The maximum Gasteiger partial charge on any atom is 0.265 e. The number of benzene rings is 2. The first kappa shape index (κ1) is 22.8. The Morgan fingerprint density at radius 3 is 2.51 bits per heavy atom. The summed E-state index contributed by atoms with van der Waals surface area (Å²) in [5, 5.41) is 11.8. The minimum Gasteiger partial charge on any atom is -0.497 e. The van der Waals surface area contributed by atoms with Crippen molar-refractivity contribution in [3.05, 3.63) is 99.0 Å². The molecule has 0 bridgehead atoms. The molecule has 0 amide bonds. The van der Waals surface area contributed by atoms with Crippen LogP contribution in [0.25, 0.3) is 16.7 Å². The number of nitriles is 1. The van der Waals surface area contributed by atoms with E-state index in [9.17, 15) is 10.1 Å². The average molecular weight is 492 g/mol. The highest BCUT2D eigenvalue weighted by Crippen LogP contribution is 2.27. The molecule has 9 nitrogen and oxygen atoms in total. The van der Waals surface area contributed by atoms with Crippen LogP contribution in [0, 0.1) is 18.3 Å². The lowest BCUT2D eigenvalue weighted by Crippen LogP contribution is -2.40. The topological polar surface area (TPSA) is 110 Å². The number of hydrogen-bond acceptors (Lipinski definition) is 7. The lowest BCUT2D eigenvalue weighted by Gasteiger charge is -2.18. The lowest BCUT2D eigenvalue weighted by molar-refractivity contribution is 0.414. The first-order valence-electron chi connectivity index (χ1n) is 12.0. The molecule has 4 aromatic rings. The van der Waals surface area contributed by atoms with Crippen molar-refractivity contribution in [3.8, 4) is 11.8 Å². The summed E-state index contributed by atoms with van der Waals surface area (Å²) < 4.78 is 6.81. The fourth-order valence-electron chi connectivity index (χ4n) is 4.94. The number of fused-ring (bicyclic) bond motifs is 4. The van der Waals surface area contributed by atoms with Gasteiger partial charge in [-0.05, 0) is 67.5 Å². The van der Waals surface area contributed by atoms with Crippen LogP contribution in [0.15, 0.2) is 81.7 Å². The number of nitrogens with zero attached hydrogens (tertiary/aromatic N) is 4. The molecule has 0 radical (unpaired) electrons. The number of aromatic nitrogens is 2. The predicted molar refractivity (Wildman–Crippen MR) is 144 cm³/mol. The highest BCUT2D eigenvalue weighted by Gasteiger charge is 2.32. The zero-order chi connectivity index (χ0) is 25.7. The number of hydrazine groups is 2. The molecule has 2 aromatic carbocycles. The molecule has 6 rings (SSSR count). The van der Waals surface area contributed by atoms with Crippen molar-refractivity contribution in [2.75, 3.05) is 12.2 Å². The SMILES string of the molecule is COc1ccc(N2N[C@H]3C=C(N=Cc4c(C)c(C#N)c5[nH]c6ccccc6n5c4=O)C(C)=C[C@H]3N2)cc1. The summed E-state index contributed by atoms with van der Waals surface area (Å²) >= 11 is 0. The van der Waals surface area contributed by atoms with E-state index in [1.54, 1.807) is 24.6 Å². The van der Waals surface area contributed by atoms with Gasteiger partial charge in [0, 0.05) is 6.21 Å². The zero-order valence-corrected chi connectivity index (χ0v) is 20.6. The third kappa shape index (κ3) is 3.71. The van der Waals surface area contributed by atoms with Crippen molar-refractivity contribution in [2.24, 2.45) is 4.99 Å². The summed E-state index contributed by atoms with van der Waals surface area (Å²) in [5.41, 5.74) is 12.9. The molecule has 3 N–H and O–H groups in total. The van der Waals surface area contributed by atoms with Gasteiger partial charge in [-0.2, -0.15) is 5.26 Å². The average Bonchev–Trinajstić information content (AvgIpc) is 3.50. The van der Waals surface area contributed by atoms with Gasteiger partial charge in [0.2, 0.25) is 0 Å². The summed E-state index contributed by atoms with van der Waals surface area (Å²) in [6.45, 7) is 3.79. The molecule has 3 heterocycles. The quantitative estimate of drug-likeness (QED) is 0.377. The number of ether oxygens (including phenoxy) is 1. The van der Waals surface area contributed by atoms with Gasteiger partial charge in [-0.3, -0.25) is 14.2 Å². The van der Waals surface area contributed by atoms with E-state index >= 15 is 0 Å². The minimum absolute atomic E-state index is 0.0223. The fourth-order valence-corrected chi connectivity index (χ4v) is 4.94. The molecule has 1 fully saturated rings. The van der Waals surface area contributed by atoms with Gasteiger partial charge in [0.25, 0.3) is 5.56 Å². The third-order valence-electron chi connectivity index (χ3n) is 6.96. The number of H-pyrrole nitrogens is 1. The van der Waals surface area contributed by atoms with Gasteiger partial charge in [0.05, 0.1) is 52.7 Å². The Morgan fingerprint density at radius 1 is 1.05 bits per heavy atom. The maximum atomic E-state index is 13.5. The number of imidazole rings is 1. The molecular formula is C28H25N7O2. The largest absolute Gasteiger partial charge is 0.497 e. The second-order valence-corrected chi connectivity index (χ2v) is 9.16. The number of anilines is 1. The molecule has 2 aromatic heterocycles. The number of nitrogens with one attached hydrogen (secondary N) is 3. The number of rotatable bonds is 4. The first-order chi connectivity index (χ1) is 18.0. The van der Waals surface area contributed by atoms with Gasteiger partial charge in [0.1, 0.15) is 17.5 Å². The van der Waals surface area contributed by atoms with Gasteiger partial charge in [-0.1, -0.05) is 18.2 Å². The highest BCUT2D eigenvalue weighted by atomic mass is 16.5. The van der Waals surface area contributed by atoms with E-state index in [-0.39, 0.29) is 17.6 Å². The van der Waals surface area contributed by atoms with Crippen molar-refractivity contribution in [3.63, 3.8) is 0 Å². The van der Waals surface area contributed by atoms with Crippen molar-refractivity contribution in [2.45, 2.75) is 25.9 Å². The van der Waals surface area contributed by atoms with E-state index in [1.807, 2.05) is 60.6 Å². The van der Waals surface area contributed by atoms with E-state index in [4.69, 9.17) is 9.73 Å². The molecule has 1 aliphatic heterocycles. The van der Waals surface area contributed by atoms with Crippen molar-refractivity contribution in [1.82, 2.24) is 20.2 Å². The summed E-state index contributed by atoms with van der Waals surface area (Å²) in [6, 6.07) is 17.6. The Bertz CT molecular complexity index is 1730. The van der Waals surface area contributed by atoms with E-state index in [2.05, 4.69) is 34.1 Å². The summed E-state index contributed by atoms with van der Waals surface area (Å²) in [5.74, 6) is 0.796. The van der Waals surface area contributed by atoms with Crippen LogP contribution in [-0.4, -0.2) is 34.8 Å². The number of pyridine rings is 1. The van der Waals surface area contributed by atoms with Gasteiger partial charge < -0.3 is 9.72 Å². The smallest absolute Gasteiger partial charge is 0.265 e. The van der Waals surface area contributed by atoms with Crippen LogP contribution in [0.2, 0.25) is 0 Å². The van der Waals surface area contributed by atoms with Crippen molar-refractivity contribution < 1.29 is 4.74 Å². The van der Waals surface area contributed by atoms with Gasteiger partial charge in [-0.15, -0.1) is 0 Å². The fraction of sp³-hybridized carbons (Fsp3) is 0.179. The number of aliphatic imine (C=N–C) groups is 1. The monoisotopic (exact) mass is 491 g/mol. The second kappa shape index (κ2) is 8.78. The predicted octanol–water partition coefficient (Wildman–Crippen LogP) is 3.50. The lowest BCUT2D eigenvalue weighted by atomic mass is 9.97. The van der Waals surface area contributed by atoms with Crippen molar-refractivity contribution >= 4 is 28.6 Å². The molecule has 184 valence electrons. The molecule has 37 heavy (non-hydrogen) atoms. The van der Waals surface area contributed by atoms with Crippen LogP contribution >= 0.6 is 0 Å². The van der Waals surface area contributed by atoms with E-state index in [0.29, 0.717) is 22.3 Å². The van der Waals surface area contributed by atoms with Crippen LogP contribution in [0.4, 0.5) is 5.69 Å². The van der Waals surface area contributed by atoms with Gasteiger partial charge in [-0.25, -0.2) is 16.0 Å². The number of methoxy groups -OCH3 is 1. The molecule has 0 spiro atoms. The van der Waals surface area contributed by atoms with Crippen LogP contribution in [0.5, 0.6) is 5.75 Å². The third-order valence-corrected chi connectivity index (χ3v) is 6.96. The van der Waals surface area contributed by atoms with Crippen LogP contribution in [0.1, 0.15) is 23.6 Å². The second-order valence-electron chi connectivity index (χ2n) is 9.16. The molecule has 2 atom stereocenters. The normalized spacial score (nSPS) is 19.2. The van der Waals surface area contributed by atoms with Crippen LogP contribution in [0.3, 0.4) is 0 Å².